The van der Waals surface area contributed by atoms with Crippen molar-refractivity contribution < 1.29 is 4.39 Å². The zero-order valence-corrected chi connectivity index (χ0v) is 10.5. The lowest BCUT2D eigenvalue weighted by atomic mass is 10.0. The molecule has 0 aliphatic carbocycles. The van der Waals surface area contributed by atoms with E-state index in [1.165, 1.54) is 0 Å². The molecule has 0 N–H and O–H groups in total. The summed E-state index contributed by atoms with van der Waals surface area (Å²) in [4.78, 5) is 4.32. The van der Waals surface area contributed by atoms with Crippen molar-refractivity contribution in [3.05, 3.63) is 47.5 Å². The number of halogens is 1. The molecule has 1 aromatic carbocycles. The maximum atomic E-state index is 14.0. The van der Waals surface area contributed by atoms with Crippen LogP contribution in [0.2, 0.25) is 0 Å². The summed E-state index contributed by atoms with van der Waals surface area (Å²) >= 11 is 0. The monoisotopic (exact) mass is 245 g/mol. The second-order valence-corrected chi connectivity index (χ2v) is 5.06. The molecule has 1 aliphatic rings. The predicted molar refractivity (Wildman–Crippen MR) is 67.2 cm³/mol. The van der Waals surface area contributed by atoms with E-state index in [1.54, 1.807) is 4.68 Å². The van der Waals surface area contributed by atoms with Crippen molar-refractivity contribution in [1.82, 2.24) is 14.8 Å². The molecular formula is C14H16FN3. The van der Waals surface area contributed by atoms with Gasteiger partial charge in [-0.3, -0.25) is 0 Å². The van der Waals surface area contributed by atoms with Gasteiger partial charge < -0.3 is 0 Å². The lowest BCUT2D eigenvalue weighted by Crippen LogP contribution is -2.08. The number of hydrogen-bond acceptors (Lipinski definition) is 2. The molecular weight excluding hydrogens is 229 g/mol. The molecule has 2 atom stereocenters. The lowest BCUT2D eigenvalue weighted by Gasteiger charge is -2.11. The minimum Gasteiger partial charge on any atom is -0.239 e. The maximum absolute atomic E-state index is 14.0. The fourth-order valence-corrected chi connectivity index (χ4v) is 2.39. The van der Waals surface area contributed by atoms with E-state index < -0.39 is 6.17 Å². The van der Waals surface area contributed by atoms with E-state index in [4.69, 9.17) is 0 Å². The van der Waals surface area contributed by atoms with E-state index in [0.717, 1.165) is 11.4 Å². The summed E-state index contributed by atoms with van der Waals surface area (Å²) in [5, 5.41) is 4.46. The number of aromatic nitrogens is 3. The molecule has 2 aromatic rings. The molecule has 94 valence electrons. The van der Waals surface area contributed by atoms with Gasteiger partial charge in [-0.15, -0.1) is 0 Å². The highest BCUT2D eigenvalue weighted by Crippen LogP contribution is 2.39. The largest absolute Gasteiger partial charge is 0.239 e. The van der Waals surface area contributed by atoms with Crippen molar-refractivity contribution in [3.8, 4) is 0 Å². The second kappa shape index (κ2) is 4.19. The Hall–Kier alpha value is -1.71. The third-order valence-corrected chi connectivity index (χ3v) is 3.38. The molecule has 0 saturated carbocycles. The van der Waals surface area contributed by atoms with Crippen LogP contribution in [0.5, 0.6) is 0 Å². The first-order valence-corrected chi connectivity index (χ1v) is 6.32. The van der Waals surface area contributed by atoms with Gasteiger partial charge >= 0.3 is 0 Å². The van der Waals surface area contributed by atoms with E-state index in [0.29, 0.717) is 12.2 Å². The molecule has 1 aromatic heterocycles. The van der Waals surface area contributed by atoms with Crippen molar-refractivity contribution in [1.29, 1.82) is 0 Å². The van der Waals surface area contributed by atoms with Crippen LogP contribution in [0, 0.1) is 0 Å². The smallest absolute Gasteiger partial charge is 0.162 e. The summed E-state index contributed by atoms with van der Waals surface area (Å²) in [7, 11) is 0. The van der Waals surface area contributed by atoms with Gasteiger partial charge in [0.2, 0.25) is 0 Å². The third-order valence-electron chi connectivity index (χ3n) is 3.38. The number of alkyl halides is 1. The van der Waals surface area contributed by atoms with Crippen molar-refractivity contribution >= 4 is 0 Å². The fourth-order valence-electron chi connectivity index (χ4n) is 2.39. The van der Waals surface area contributed by atoms with Crippen LogP contribution in [0.25, 0.3) is 0 Å². The van der Waals surface area contributed by atoms with Crippen LogP contribution < -0.4 is 0 Å². The first kappa shape index (κ1) is 11.4. The number of nitrogens with zero attached hydrogens (tertiary/aromatic N) is 3. The molecule has 0 saturated heterocycles. The molecule has 18 heavy (non-hydrogen) atoms. The number of fused-ring (bicyclic) bond motifs is 1. The van der Waals surface area contributed by atoms with Gasteiger partial charge in [0, 0.05) is 12.3 Å². The van der Waals surface area contributed by atoms with Crippen molar-refractivity contribution in [3.63, 3.8) is 0 Å². The lowest BCUT2D eigenvalue weighted by molar-refractivity contribution is 0.327. The van der Waals surface area contributed by atoms with Gasteiger partial charge in [0.25, 0.3) is 0 Å². The van der Waals surface area contributed by atoms with Crippen LogP contribution in [0.3, 0.4) is 0 Å². The summed E-state index contributed by atoms with van der Waals surface area (Å²) in [5.41, 5.74) is 1.10. The SMILES string of the molecule is CC(C)c1nc2n(n1)C(c1ccccc1)CC2F. The molecule has 3 rings (SSSR count). The van der Waals surface area contributed by atoms with Crippen LogP contribution in [0.15, 0.2) is 30.3 Å². The van der Waals surface area contributed by atoms with E-state index in [2.05, 4.69) is 10.1 Å². The van der Waals surface area contributed by atoms with Gasteiger partial charge in [0.15, 0.2) is 17.8 Å². The molecule has 0 amide bonds. The normalized spacial score (nSPS) is 22.4. The zero-order chi connectivity index (χ0) is 12.7. The second-order valence-electron chi connectivity index (χ2n) is 5.06. The Labute approximate surface area is 106 Å². The molecule has 0 radical (unpaired) electrons. The highest BCUT2D eigenvalue weighted by molar-refractivity contribution is 5.23. The van der Waals surface area contributed by atoms with Gasteiger partial charge in [0.05, 0.1) is 6.04 Å². The van der Waals surface area contributed by atoms with Crippen molar-refractivity contribution in [2.24, 2.45) is 0 Å². The van der Waals surface area contributed by atoms with Gasteiger partial charge in [-0.2, -0.15) is 5.10 Å². The Balaban J connectivity index is 2.03. The van der Waals surface area contributed by atoms with Crippen molar-refractivity contribution in [2.75, 3.05) is 0 Å². The highest BCUT2D eigenvalue weighted by atomic mass is 19.1. The van der Waals surface area contributed by atoms with E-state index >= 15 is 0 Å². The summed E-state index contributed by atoms with van der Waals surface area (Å²) in [5.74, 6) is 1.44. The Kier molecular flexibility index (Phi) is 2.65. The summed E-state index contributed by atoms with van der Waals surface area (Å²) in [6, 6.07) is 9.93. The maximum Gasteiger partial charge on any atom is 0.162 e. The van der Waals surface area contributed by atoms with Crippen molar-refractivity contribution in [2.45, 2.75) is 38.4 Å². The first-order valence-electron chi connectivity index (χ1n) is 6.32. The average Bonchev–Trinajstić information content (AvgIpc) is 2.92. The molecule has 4 heteroatoms. The molecule has 0 bridgehead atoms. The van der Waals surface area contributed by atoms with Gasteiger partial charge in [-0.1, -0.05) is 44.2 Å². The van der Waals surface area contributed by atoms with Crippen LogP contribution in [0.4, 0.5) is 4.39 Å². The van der Waals surface area contributed by atoms with E-state index in [-0.39, 0.29) is 12.0 Å². The number of benzene rings is 1. The minimum atomic E-state index is -1.00. The minimum absolute atomic E-state index is 0.0174. The molecule has 1 aliphatic heterocycles. The van der Waals surface area contributed by atoms with E-state index in [9.17, 15) is 4.39 Å². The van der Waals surface area contributed by atoms with E-state index in [1.807, 2.05) is 44.2 Å². The Morgan fingerprint density at radius 3 is 2.67 bits per heavy atom. The summed E-state index contributed by atoms with van der Waals surface area (Å²) in [6.07, 6.45) is -0.562. The first-order chi connectivity index (χ1) is 8.66. The topological polar surface area (TPSA) is 30.7 Å². The number of hydrogen-bond donors (Lipinski definition) is 0. The van der Waals surface area contributed by atoms with Gasteiger partial charge in [-0.25, -0.2) is 14.1 Å². The van der Waals surface area contributed by atoms with Crippen LogP contribution in [-0.2, 0) is 0 Å². The zero-order valence-electron chi connectivity index (χ0n) is 10.5. The van der Waals surface area contributed by atoms with Crippen LogP contribution >= 0.6 is 0 Å². The summed E-state index contributed by atoms with van der Waals surface area (Å²) < 4.78 is 15.8. The third kappa shape index (κ3) is 1.72. The van der Waals surface area contributed by atoms with Crippen LogP contribution in [-0.4, -0.2) is 14.8 Å². The molecule has 2 heterocycles. The Morgan fingerprint density at radius 1 is 1.28 bits per heavy atom. The fraction of sp³-hybridized carbons (Fsp3) is 0.429. The van der Waals surface area contributed by atoms with Crippen LogP contribution in [0.1, 0.15) is 55.6 Å². The van der Waals surface area contributed by atoms with Gasteiger partial charge in [0.1, 0.15) is 0 Å². The predicted octanol–water partition coefficient (Wildman–Crippen LogP) is 3.41. The Morgan fingerprint density at radius 2 is 2.00 bits per heavy atom. The molecule has 2 unspecified atom stereocenters. The highest BCUT2D eigenvalue weighted by Gasteiger charge is 2.35. The average molecular weight is 245 g/mol. The summed E-state index contributed by atoms with van der Waals surface area (Å²) in [6.45, 7) is 4.05. The standard InChI is InChI=1S/C14H16FN3/c1-9(2)13-16-14-11(15)8-12(18(14)17-13)10-6-4-3-5-7-10/h3-7,9,11-12H,8H2,1-2H3. The molecule has 0 spiro atoms. The molecule has 0 fully saturated rings. The number of rotatable bonds is 2. The Bertz CT molecular complexity index is 547. The van der Waals surface area contributed by atoms with Gasteiger partial charge in [-0.05, 0) is 5.56 Å². The molecule has 3 nitrogen and oxygen atoms in total. The quantitative estimate of drug-likeness (QED) is 0.811.